The number of benzene rings is 3. The quantitative estimate of drug-likeness (QED) is 0.457. The van der Waals surface area contributed by atoms with Crippen LogP contribution in [0.2, 0.25) is 5.02 Å². The highest BCUT2D eigenvalue weighted by Crippen LogP contribution is 2.41. The van der Waals surface area contributed by atoms with Gasteiger partial charge in [-0.15, -0.1) is 0 Å². The highest BCUT2D eigenvalue weighted by molar-refractivity contribution is 6.31. The molecule has 6 heteroatoms. The number of aromatic nitrogens is 2. The maximum absolute atomic E-state index is 13.5. The van der Waals surface area contributed by atoms with Crippen LogP contribution in [0.4, 0.5) is 11.6 Å². The van der Waals surface area contributed by atoms with Gasteiger partial charge in [-0.25, -0.2) is 4.98 Å². The zero-order valence-electron chi connectivity index (χ0n) is 16.3. The smallest absolute Gasteiger partial charge is 0.255 e. The molecule has 5 rings (SSSR count). The number of halogens is 1. The van der Waals surface area contributed by atoms with Crippen molar-refractivity contribution in [1.82, 2.24) is 9.55 Å². The van der Waals surface area contributed by atoms with Crippen molar-refractivity contribution < 1.29 is 4.79 Å². The second kappa shape index (κ2) is 7.35. The number of imidazole rings is 1. The summed E-state index contributed by atoms with van der Waals surface area (Å²) in [4.78, 5) is 18.2. The highest BCUT2D eigenvalue weighted by atomic mass is 35.5. The van der Waals surface area contributed by atoms with E-state index in [4.69, 9.17) is 16.6 Å². The van der Waals surface area contributed by atoms with Crippen LogP contribution in [0.1, 0.15) is 18.5 Å². The van der Waals surface area contributed by atoms with Crippen LogP contribution in [0.15, 0.2) is 90.1 Å². The van der Waals surface area contributed by atoms with Crippen LogP contribution in [0.3, 0.4) is 0 Å². The second-order valence-electron chi connectivity index (χ2n) is 7.20. The van der Waals surface area contributed by atoms with Gasteiger partial charge in [0.1, 0.15) is 0 Å². The first-order valence-electron chi connectivity index (χ1n) is 9.69. The van der Waals surface area contributed by atoms with E-state index < -0.39 is 6.04 Å². The van der Waals surface area contributed by atoms with Crippen LogP contribution in [-0.2, 0) is 4.79 Å². The summed E-state index contributed by atoms with van der Waals surface area (Å²) >= 11 is 6.61. The molecular weight excluding hydrogens is 396 g/mol. The summed E-state index contributed by atoms with van der Waals surface area (Å²) in [5, 5.41) is 6.93. The average Bonchev–Trinajstić information content (AvgIpc) is 3.11. The molecule has 0 bridgehead atoms. The molecule has 0 saturated carbocycles. The molecule has 5 nitrogen and oxygen atoms in total. The number of carbonyl (C=O) groups excluding carboxylic acids is 1. The summed E-state index contributed by atoms with van der Waals surface area (Å²) in [6.07, 6.45) is 0. The number of hydrogen-bond donors (Lipinski definition) is 2. The maximum Gasteiger partial charge on any atom is 0.255 e. The molecule has 1 amide bonds. The zero-order valence-corrected chi connectivity index (χ0v) is 17.0. The van der Waals surface area contributed by atoms with Gasteiger partial charge in [0.15, 0.2) is 0 Å². The number of allylic oxidation sites excluding steroid dienone is 1. The van der Waals surface area contributed by atoms with Crippen LogP contribution in [0, 0.1) is 0 Å². The molecule has 0 fully saturated rings. The fourth-order valence-corrected chi connectivity index (χ4v) is 4.21. The number of amides is 1. The van der Waals surface area contributed by atoms with Gasteiger partial charge in [0.25, 0.3) is 5.91 Å². The normalized spacial score (nSPS) is 15.6. The summed E-state index contributed by atoms with van der Waals surface area (Å²) in [7, 11) is 0. The Balaban J connectivity index is 1.70. The zero-order chi connectivity index (χ0) is 20.7. The number of fused-ring (bicyclic) bond motifs is 3. The SMILES string of the molecule is CC1=C(C(=O)Nc2ccccc2)[C@@H](c2ccccc2Cl)n2c(nc3ccccc32)N1. The standard InChI is InChI=1S/C24H19ClN4O/c1-15-21(23(30)27-16-9-3-2-4-10-16)22(17-11-5-6-12-18(17)25)29-20-14-8-7-13-19(20)28-24(29)26-15/h2-14,22H,1H3,(H,26,28)(H,27,30)/t22-/m1/s1. The summed E-state index contributed by atoms with van der Waals surface area (Å²) in [5.74, 6) is 0.509. The van der Waals surface area contributed by atoms with Gasteiger partial charge in [-0.3, -0.25) is 9.36 Å². The van der Waals surface area contributed by atoms with E-state index in [1.807, 2.05) is 90.4 Å². The first kappa shape index (κ1) is 18.5. The topological polar surface area (TPSA) is 59.0 Å². The number of nitrogens with one attached hydrogen (secondary N) is 2. The van der Waals surface area contributed by atoms with E-state index in [0.29, 0.717) is 16.5 Å². The lowest BCUT2D eigenvalue weighted by atomic mass is 9.94. The molecule has 1 aliphatic rings. The van der Waals surface area contributed by atoms with E-state index >= 15 is 0 Å². The van der Waals surface area contributed by atoms with Crippen molar-refractivity contribution in [2.75, 3.05) is 10.6 Å². The Hall–Kier alpha value is -3.57. The Kier molecular flexibility index (Phi) is 4.52. The third kappa shape index (κ3) is 3.04. The molecular formula is C24H19ClN4O. The monoisotopic (exact) mass is 414 g/mol. The predicted molar refractivity (Wildman–Crippen MR) is 121 cm³/mol. The number of rotatable bonds is 3. The Labute approximate surface area is 179 Å². The Bertz CT molecular complexity index is 1290. The summed E-state index contributed by atoms with van der Waals surface area (Å²) in [6.45, 7) is 1.90. The van der Waals surface area contributed by atoms with Gasteiger partial charge in [0.05, 0.1) is 22.6 Å². The molecule has 1 aliphatic heterocycles. The number of anilines is 2. The van der Waals surface area contributed by atoms with Gasteiger partial charge in [-0.1, -0.05) is 60.1 Å². The largest absolute Gasteiger partial charge is 0.329 e. The summed E-state index contributed by atoms with van der Waals surface area (Å²) in [5.41, 5.74) is 4.72. The molecule has 0 spiro atoms. The van der Waals surface area contributed by atoms with Crippen molar-refractivity contribution >= 4 is 40.2 Å². The number of hydrogen-bond acceptors (Lipinski definition) is 3. The molecule has 1 aromatic heterocycles. The third-order valence-electron chi connectivity index (χ3n) is 5.31. The van der Waals surface area contributed by atoms with Gasteiger partial charge >= 0.3 is 0 Å². The fourth-order valence-electron chi connectivity index (χ4n) is 3.97. The molecule has 30 heavy (non-hydrogen) atoms. The fraction of sp³-hybridized carbons (Fsp3) is 0.0833. The van der Waals surface area contributed by atoms with E-state index in [-0.39, 0.29) is 5.91 Å². The number of nitrogens with zero attached hydrogens (tertiary/aromatic N) is 2. The molecule has 0 radical (unpaired) electrons. The molecule has 1 atom stereocenters. The van der Waals surface area contributed by atoms with E-state index in [2.05, 4.69) is 10.6 Å². The van der Waals surface area contributed by atoms with Crippen LogP contribution in [-0.4, -0.2) is 15.5 Å². The Morgan fingerprint density at radius 1 is 1.00 bits per heavy atom. The molecule has 2 N–H and O–H groups in total. The Morgan fingerprint density at radius 3 is 2.50 bits per heavy atom. The minimum atomic E-state index is -0.411. The van der Waals surface area contributed by atoms with Crippen molar-refractivity contribution in [3.05, 3.63) is 101 Å². The third-order valence-corrected chi connectivity index (χ3v) is 5.65. The lowest BCUT2D eigenvalue weighted by Crippen LogP contribution is -2.31. The first-order chi connectivity index (χ1) is 14.6. The minimum absolute atomic E-state index is 0.181. The van der Waals surface area contributed by atoms with E-state index in [1.54, 1.807) is 0 Å². The van der Waals surface area contributed by atoms with Gasteiger partial charge in [-0.05, 0) is 42.8 Å². The summed E-state index contributed by atoms with van der Waals surface area (Å²) < 4.78 is 2.05. The van der Waals surface area contributed by atoms with Gasteiger partial charge in [-0.2, -0.15) is 0 Å². The van der Waals surface area contributed by atoms with Crippen molar-refractivity contribution in [1.29, 1.82) is 0 Å². The van der Waals surface area contributed by atoms with Crippen molar-refractivity contribution in [2.24, 2.45) is 0 Å². The van der Waals surface area contributed by atoms with E-state index in [9.17, 15) is 4.79 Å². The van der Waals surface area contributed by atoms with Crippen molar-refractivity contribution in [3.8, 4) is 0 Å². The van der Waals surface area contributed by atoms with E-state index in [0.717, 1.165) is 28.0 Å². The van der Waals surface area contributed by atoms with Crippen LogP contribution in [0.25, 0.3) is 11.0 Å². The highest BCUT2D eigenvalue weighted by Gasteiger charge is 2.35. The van der Waals surface area contributed by atoms with Gasteiger partial charge < -0.3 is 10.6 Å². The number of carbonyl (C=O) groups is 1. The molecule has 148 valence electrons. The van der Waals surface area contributed by atoms with Crippen LogP contribution < -0.4 is 10.6 Å². The molecule has 0 aliphatic carbocycles. The molecule has 3 aromatic carbocycles. The average molecular weight is 415 g/mol. The minimum Gasteiger partial charge on any atom is -0.329 e. The molecule has 0 saturated heterocycles. The maximum atomic E-state index is 13.5. The van der Waals surface area contributed by atoms with Gasteiger partial charge in [0, 0.05) is 16.4 Å². The molecule has 4 aromatic rings. The van der Waals surface area contributed by atoms with Gasteiger partial charge in [0.2, 0.25) is 5.95 Å². The predicted octanol–water partition coefficient (Wildman–Crippen LogP) is 5.62. The van der Waals surface area contributed by atoms with E-state index in [1.165, 1.54) is 0 Å². The summed E-state index contributed by atoms with van der Waals surface area (Å²) in [6, 6.07) is 24.5. The molecule has 2 heterocycles. The Morgan fingerprint density at radius 2 is 1.70 bits per heavy atom. The second-order valence-corrected chi connectivity index (χ2v) is 7.61. The van der Waals surface area contributed by atoms with Crippen LogP contribution >= 0.6 is 11.6 Å². The number of para-hydroxylation sites is 3. The lowest BCUT2D eigenvalue weighted by molar-refractivity contribution is -0.113. The first-order valence-corrected chi connectivity index (χ1v) is 10.1. The van der Waals surface area contributed by atoms with Crippen molar-refractivity contribution in [2.45, 2.75) is 13.0 Å². The molecule has 0 unspecified atom stereocenters. The van der Waals surface area contributed by atoms with Crippen LogP contribution in [0.5, 0.6) is 0 Å². The lowest BCUT2D eigenvalue weighted by Gasteiger charge is -2.31. The van der Waals surface area contributed by atoms with Crippen molar-refractivity contribution in [3.63, 3.8) is 0 Å².